The predicted octanol–water partition coefficient (Wildman–Crippen LogP) is 7.24. The zero-order chi connectivity index (χ0) is 19.3. The van der Waals surface area contributed by atoms with E-state index in [2.05, 4.69) is 86.6 Å². The quantitative estimate of drug-likeness (QED) is 0.341. The van der Waals surface area contributed by atoms with Gasteiger partial charge in [-0.3, -0.25) is 0 Å². The lowest BCUT2D eigenvalue weighted by Gasteiger charge is -2.19. The molecular formula is C26H26O2. The summed E-state index contributed by atoms with van der Waals surface area (Å²) in [6.07, 6.45) is 1.95. The molecule has 0 aliphatic heterocycles. The largest absolute Gasteiger partial charge is 0.493 e. The van der Waals surface area contributed by atoms with Crippen LogP contribution in [0.2, 0.25) is 0 Å². The van der Waals surface area contributed by atoms with E-state index in [1.165, 1.54) is 21.5 Å². The van der Waals surface area contributed by atoms with Crippen LogP contribution in [-0.4, -0.2) is 13.2 Å². The molecule has 0 heterocycles. The molecule has 4 aromatic rings. The third-order valence-corrected chi connectivity index (χ3v) is 4.95. The minimum atomic E-state index is 0.696. The molecule has 0 N–H and O–H groups in total. The molecule has 0 radical (unpaired) electrons. The van der Waals surface area contributed by atoms with E-state index in [9.17, 15) is 0 Å². The van der Waals surface area contributed by atoms with Crippen molar-refractivity contribution in [1.82, 2.24) is 0 Å². The van der Waals surface area contributed by atoms with Crippen LogP contribution in [0.1, 0.15) is 26.7 Å². The molecule has 28 heavy (non-hydrogen) atoms. The molecule has 2 heteroatoms. The van der Waals surface area contributed by atoms with Crippen LogP contribution in [-0.2, 0) is 0 Å². The van der Waals surface area contributed by atoms with Crippen molar-refractivity contribution in [1.29, 1.82) is 0 Å². The van der Waals surface area contributed by atoms with Gasteiger partial charge in [0.15, 0.2) is 0 Å². The Bertz CT molecular complexity index is 1010. The molecule has 4 rings (SSSR count). The van der Waals surface area contributed by atoms with Crippen molar-refractivity contribution in [2.45, 2.75) is 26.7 Å². The maximum atomic E-state index is 6.20. The van der Waals surface area contributed by atoms with Crippen LogP contribution in [0.3, 0.4) is 0 Å². The van der Waals surface area contributed by atoms with Crippen LogP contribution < -0.4 is 9.47 Å². The Balaban J connectivity index is 2.07. The van der Waals surface area contributed by atoms with E-state index < -0.39 is 0 Å². The molecule has 0 spiro atoms. The van der Waals surface area contributed by atoms with Gasteiger partial charge in [-0.2, -0.15) is 0 Å². The molecule has 0 aromatic heterocycles. The molecule has 0 bridgehead atoms. The summed E-state index contributed by atoms with van der Waals surface area (Å²) in [4.78, 5) is 0. The second-order valence-corrected chi connectivity index (χ2v) is 7.02. The van der Waals surface area contributed by atoms with Crippen molar-refractivity contribution in [2.24, 2.45) is 0 Å². The summed E-state index contributed by atoms with van der Waals surface area (Å²) < 4.78 is 12.4. The van der Waals surface area contributed by atoms with E-state index in [-0.39, 0.29) is 0 Å². The van der Waals surface area contributed by atoms with Crippen molar-refractivity contribution in [2.75, 3.05) is 13.2 Å². The summed E-state index contributed by atoms with van der Waals surface area (Å²) in [6, 6.07) is 25.5. The number of fused-ring (bicyclic) bond motifs is 2. The average molecular weight is 370 g/mol. The van der Waals surface area contributed by atoms with Gasteiger partial charge < -0.3 is 9.47 Å². The first-order valence-corrected chi connectivity index (χ1v) is 10.1. The molecule has 0 aliphatic carbocycles. The highest BCUT2D eigenvalue weighted by atomic mass is 16.5. The van der Waals surface area contributed by atoms with Gasteiger partial charge in [-0.05, 0) is 46.5 Å². The van der Waals surface area contributed by atoms with Gasteiger partial charge in [0.2, 0.25) is 0 Å². The summed E-state index contributed by atoms with van der Waals surface area (Å²) in [6.45, 7) is 5.66. The van der Waals surface area contributed by atoms with Crippen LogP contribution in [0, 0.1) is 0 Å². The first-order valence-electron chi connectivity index (χ1n) is 10.1. The minimum Gasteiger partial charge on any atom is -0.493 e. The van der Waals surface area contributed by atoms with Gasteiger partial charge in [-0.15, -0.1) is 0 Å². The molecule has 0 fully saturated rings. The second-order valence-electron chi connectivity index (χ2n) is 7.02. The number of rotatable bonds is 7. The fraction of sp³-hybridized carbons (Fsp3) is 0.231. The van der Waals surface area contributed by atoms with Crippen molar-refractivity contribution in [3.63, 3.8) is 0 Å². The van der Waals surface area contributed by atoms with Gasteiger partial charge in [0.1, 0.15) is 11.5 Å². The average Bonchev–Trinajstić information content (AvgIpc) is 2.75. The zero-order valence-corrected chi connectivity index (χ0v) is 16.6. The summed E-state index contributed by atoms with van der Waals surface area (Å²) in [5.74, 6) is 1.83. The highest BCUT2D eigenvalue weighted by Crippen LogP contribution is 2.45. The van der Waals surface area contributed by atoms with Gasteiger partial charge in [0, 0.05) is 11.1 Å². The van der Waals surface area contributed by atoms with Gasteiger partial charge in [0.25, 0.3) is 0 Å². The lowest BCUT2D eigenvalue weighted by molar-refractivity contribution is 0.314. The Kier molecular flexibility index (Phi) is 5.48. The standard InChI is InChI=1S/C26H26O2/c1-3-17-27-23-15-13-19-9-5-7-11-21(19)25(23)26-22-12-8-6-10-20(22)14-16-24(26)28-18-4-2/h5-16H,3-4,17-18H2,1-2H3. The fourth-order valence-electron chi connectivity index (χ4n) is 3.68. The van der Waals surface area contributed by atoms with Crippen LogP contribution in [0.5, 0.6) is 11.5 Å². The van der Waals surface area contributed by atoms with E-state index in [1.807, 2.05) is 0 Å². The summed E-state index contributed by atoms with van der Waals surface area (Å²) in [5.41, 5.74) is 2.24. The highest BCUT2D eigenvalue weighted by molar-refractivity contribution is 6.09. The van der Waals surface area contributed by atoms with Crippen LogP contribution in [0.25, 0.3) is 32.7 Å². The Hall–Kier alpha value is -3.00. The highest BCUT2D eigenvalue weighted by Gasteiger charge is 2.18. The summed E-state index contributed by atoms with van der Waals surface area (Å²) in [7, 11) is 0. The second kappa shape index (κ2) is 8.35. The van der Waals surface area contributed by atoms with Crippen LogP contribution in [0.15, 0.2) is 72.8 Å². The molecule has 0 aliphatic rings. The lowest BCUT2D eigenvalue weighted by atomic mass is 9.92. The minimum absolute atomic E-state index is 0.696. The van der Waals surface area contributed by atoms with E-state index in [1.54, 1.807) is 0 Å². The van der Waals surface area contributed by atoms with E-state index in [0.29, 0.717) is 13.2 Å². The van der Waals surface area contributed by atoms with E-state index >= 15 is 0 Å². The lowest BCUT2D eigenvalue weighted by Crippen LogP contribution is -2.01. The molecule has 142 valence electrons. The number of benzene rings is 4. The predicted molar refractivity (Wildman–Crippen MR) is 118 cm³/mol. The van der Waals surface area contributed by atoms with Crippen LogP contribution >= 0.6 is 0 Å². The van der Waals surface area contributed by atoms with Crippen molar-refractivity contribution in [3.05, 3.63) is 72.8 Å². The fourth-order valence-corrected chi connectivity index (χ4v) is 3.68. The van der Waals surface area contributed by atoms with Crippen molar-refractivity contribution in [3.8, 4) is 22.6 Å². The molecule has 0 saturated carbocycles. The molecule has 4 aromatic carbocycles. The molecular weight excluding hydrogens is 344 g/mol. The Morgan fingerprint density at radius 1 is 0.536 bits per heavy atom. The Labute approximate surface area is 166 Å². The molecule has 2 nitrogen and oxygen atoms in total. The van der Waals surface area contributed by atoms with Crippen LogP contribution in [0.4, 0.5) is 0 Å². The van der Waals surface area contributed by atoms with Crippen molar-refractivity contribution >= 4 is 21.5 Å². The molecule has 0 saturated heterocycles. The van der Waals surface area contributed by atoms with Gasteiger partial charge >= 0.3 is 0 Å². The molecule has 0 amide bonds. The number of hydrogen-bond acceptors (Lipinski definition) is 2. The smallest absolute Gasteiger partial charge is 0.127 e. The third kappa shape index (κ3) is 3.43. The van der Waals surface area contributed by atoms with Gasteiger partial charge in [0.05, 0.1) is 13.2 Å². The first-order chi connectivity index (χ1) is 13.8. The van der Waals surface area contributed by atoms with Gasteiger partial charge in [-0.1, -0.05) is 74.5 Å². The first kappa shape index (κ1) is 18.4. The van der Waals surface area contributed by atoms with E-state index in [4.69, 9.17) is 9.47 Å². The van der Waals surface area contributed by atoms with E-state index in [0.717, 1.165) is 35.5 Å². The Morgan fingerprint density at radius 3 is 1.39 bits per heavy atom. The summed E-state index contributed by atoms with van der Waals surface area (Å²) >= 11 is 0. The monoisotopic (exact) mass is 370 g/mol. The molecule has 0 unspecified atom stereocenters. The maximum Gasteiger partial charge on any atom is 0.127 e. The van der Waals surface area contributed by atoms with Crippen molar-refractivity contribution < 1.29 is 9.47 Å². The number of ether oxygens (including phenoxy) is 2. The topological polar surface area (TPSA) is 18.5 Å². The zero-order valence-electron chi connectivity index (χ0n) is 16.6. The maximum absolute atomic E-state index is 6.20. The normalized spacial score (nSPS) is 11.1. The summed E-state index contributed by atoms with van der Waals surface area (Å²) in [5, 5.41) is 4.79. The number of hydrogen-bond donors (Lipinski definition) is 0. The SMILES string of the molecule is CCCOc1ccc2ccccc2c1-c1c(OCCC)ccc2ccccc12. The molecule has 0 atom stereocenters. The third-order valence-electron chi connectivity index (χ3n) is 4.95. The Morgan fingerprint density at radius 2 is 0.964 bits per heavy atom. The van der Waals surface area contributed by atoms with Gasteiger partial charge in [-0.25, -0.2) is 0 Å².